The zero-order valence-corrected chi connectivity index (χ0v) is 26.7. The minimum absolute atomic E-state index is 0.578. The van der Waals surface area contributed by atoms with Crippen LogP contribution in [0.15, 0.2) is 186 Å². The van der Waals surface area contributed by atoms with Gasteiger partial charge in [0.05, 0.1) is 0 Å². The molecule has 2 aromatic heterocycles. The van der Waals surface area contributed by atoms with Crippen LogP contribution in [0.3, 0.4) is 0 Å². The van der Waals surface area contributed by atoms with E-state index < -0.39 is 0 Å². The van der Waals surface area contributed by atoms with Crippen LogP contribution in [-0.2, 0) is 0 Å². The highest BCUT2D eigenvalue weighted by Crippen LogP contribution is 2.41. The molecule has 0 unspecified atom stereocenters. The van der Waals surface area contributed by atoms with Crippen molar-refractivity contribution in [2.75, 3.05) is 4.90 Å². The number of nitrogens with zero attached hydrogens (tertiary/aromatic N) is 3. The molecule has 6 aromatic carbocycles. The fraction of sp³-hybridized carbons (Fsp3) is 0. The molecule has 0 spiro atoms. The average Bonchev–Trinajstić information content (AvgIpc) is 3.79. The molecule has 0 aliphatic carbocycles. The van der Waals surface area contributed by atoms with Gasteiger partial charge in [0.2, 0.25) is 11.8 Å². The third-order valence-corrected chi connectivity index (χ3v) is 8.43. The summed E-state index contributed by atoms with van der Waals surface area (Å²) in [6, 6.07) is 49.1. The monoisotopic (exact) mass is 633 g/mol. The molecular formula is C44H31N3O2. The van der Waals surface area contributed by atoms with E-state index in [4.69, 9.17) is 18.8 Å². The molecule has 0 N–H and O–H groups in total. The number of hydrogen-bond donors (Lipinski definition) is 0. The van der Waals surface area contributed by atoms with Gasteiger partial charge in [0, 0.05) is 34.3 Å². The number of benzene rings is 6. The first-order valence-electron chi connectivity index (χ1n) is 16.0. The summed E-state index contributed by atoms with van der Waals surface area (Å²) in [6.07, 6.45) is 5.62. The number of allylic oxidation sites excluding steroid dienone is 4. The Balaban J connectivity index is 1.34. The van der Waals surface area contributed by atoms with Crippen LogP contribution in [0, 0.1) is 0 Å². The third kappa shape index (κ3) is 5.86. The van der Waals surface area contributed by atoms with E-state index in [9.17, 15) is 0 Å². The molecule has 0 radical (unpaired) electrons. The van der Waals surface area contributed by atoms with Gasteiger partial charge in [0.15, 0.2) is 11.2 Å². The van der Waals surface area contributed by atoms with E-state index in [1.165, 1.54) is 0 Å². The molecule has 8 rings (SSSR count). The van der Waals surface area contributed by atoms with Gasteiger partial charge in [0.1, 0.15) is 11.0 Å². The van der Waals surface area contributed by atoms with Crippen LogP contribution in [0.2, 0.25) is 0 Å². The molecule has 8 aromatic rings. The van der Waals surface area contributed by atoms with Crippen molar-refractivity contribution < 1.29 is 8.83 Å². The molecule has 234 valence electrons. The van der Waals surface area contributed by atoms with Crippen molar-refractivity contribution in [3.05, 3.63) is 183 Å². The molecule has 0 fully saturated rings. The Morgan fingerprint density at radius 1 is 0.510 bits per heavy atom. The Morgan fingerprint density at radius 3 is 1.76 bits per heavy atom. The van der Waals surface area contributed by atoms with E-state index >= 15 is 0 Å². The lowest BCUT2D eigenvalue weighted by molar-refractivity contribution is 0.619. The molecule has 5 nitrogen and oxygen atoms in total. The maximum absolute atomic E-state index is 6.34. The topological polar surface area (TPSA) is 55.3 Å². The number of hydrogen-bond acceptors (Lipinski definition) is 5. The normalized spacial score (nSPS) is 11.6. The Hall–Kier alpha value is -6.72. The van der Waals surface area contributed by atoms with Crippen molar-refractivity contribution >= 4 is 44.8 Å². The summed E-state index contributed by atoms with van der Waals surface area (Å²) in [5.41, 5.74) is 11.7. The highest BCUT2D eigenvalue weighted by atomic mass is 16.4. The molecular weight excluding hydrogens is 603 g/mol. The van der Waals surface area contributed by atoms with Crippen molar-refractivity contribution in [2.45, 2.75) is 0 Å². The first-order chi connectivity index (χ1) is 24.2. The van der Waals surface area contributed by atoms with Crippen LogP contribution in [0.4, 0.5) is 17.1 Å². The van der Waals surface area contributed by atoms with Gasteiger partial charge >= 0.3 is 0 Å². The molecule has 2 heterocycles. The van der Waals surface area contributed by atoms with Gasteiger partial charge < -0.3 is 13.7 Å². The Morgan fingerprint density at radius 2 is 1.10 bits per heavy atom. The number of oxazole rings is 2. The first kappa shape index (κ1) is 29.7. The second-order valence-corrected chi connectivity index (χ2v) is 11.6. The van der Waals surface area contributed by atoms with Gasteiger partial charge in [-0.15, -0.1) is 0 Å². The highest BCUT2D eigenvalue weighted by Gasteiger charge is 2.20. The van der Waals surface area contributed by atoms with E-state index in [2.05, 4.69) is 78.7 Å². The van der Waals surface area contributed by atoms with Crippen LogP contribution < -0.4 is 4.90 Å². The van der Waals surface area contributed by atoms with Crippen LogP contribution in [-0.4, -0.2) is 9.97 Å². The molecule has 0 aliphatic rings. The lowest BCUT2D eigenvalue weighted by atomic mass is 9.97. The maximum atomic E-state index is 6.34. The van der Waals surface area contributed by atoms with E-state index in [1.54, 1.807) is 6.08 Å². The summed E-state index contributed by atoms with van der Waals surface area (Å²) >= 11 is 0. The van der Waals surface area contributed by atoms with Crippen LogP contribution >= 0.6 is 0 Å². The van der Waals surface area contributed by atoms with Crippen molar-refractivity contribution in [1.29, 1.82) is 0 Å². The number of aromatic nitrogens is 2. The maximum Gasteiger partial charge on any atom is 0.227 e. The van der Waals surface area contributed by atoms with Crippen LogP contribution in [0.25, 0.3) is 61.8 Å². The van der Waals surface area contributed by atoms with Gasteiger partial charge in [-0.05, 0) is 95.1 Å². The fourth-order valence-electron chi connectivity index (χ4n) is 6.08. The summed E-state index contributed by atoms with van der Waals surface area (Å²) < 4.78 is 12.5. The van der Waals surface area contributed by atoms with Gasteiger partial charge in [-0.1, -0.05) is 98.1 Å². The summed E-state index contributed by atoms with van der Waals surface area (Å²) in [7, 11) is 0. The van der Waals surface area contributed by atoms with Crippen LogP contribution in [0.5, 0.6) is 0 Å². The van der Waals surface area contributed by atoms with Gasteiger partial charge in [-0.3, -0.25) is 0 Å². The van der Waals surface area contributed by atoms with Crippen LogP contribution in [0.1, 0.15) is 5.56 Å². The molecule has 0 bridgehead atoms. The number of anilines is 3. The van der Waals surface area contributed by atoms with Crippen molar-refractivity contribution in [3.8, 4) is 34.0 Å². The highest BCUT2D eigenvalue weighted by molar-refractivity contribution is 5.91. The molecule has 5 heteroatoms. The SMILES string of the molecule is C=C/C=C(\C=C)c1cc(-c2ccccc2)cc(N(c2ccc3oc(-c4ccccc4)nc3c2)c2ccc3nc(-c4ccccc4)oc3c2)c1. The van der Waals surface area contributed by atoms with Gasteiger partial charge in [-0.25, -0.2) is 9.97 Å². The van der Waals surface area contributed by atoms with E-state index in [0.29, 0.717) is 22.9 Å². The lowest BCUT2D eigenvalue weighted by Crippen LogP contribution is -2.10. The second kappa shape index (κ2) is 12.8. The Bertz CT molecular complexity index is 2360. The predicted molar refractivity (Wildman–Crippen MR) is 201 cm³/mol. The zero-order valence-electron chi connectivity index (χ0n) is 26.7. The molecule has 0 amide bonds. The summed E-state index contributed by atoms with van der Waals surface area (Å²) in [5.74, 6) is 1.16. The van der Waals surface area contributed by atoms with Gasteiger partial charge in [-0.2, -0.15) is 0 Å². The number of rotatable bonds is 9. The Kier molecular flexibility index (Phi) is 7.76. The van der Waals surface area contributed by atoms with Crippen molar-refractivity contribution in [3.63, 3.8) is 0 Å². The van der Waals surface area contributed by atoms with Gasteiger partial charge in [0.25, 0.3) is 0 Å². The summed E-state index contributed by atoms with van der Waals surface area (Å²) in [6.45, 7) is 8.05. The zero-order chi connectivity index (χ0) is 33.2. The standard InChI is InChI=1S/C44H31N3O2/c1-3-14-30(4-2)34-25-35(31-15-8-5-9-16-31)27-38(26-34)47(36-22-24-41-40(28-36)46-44(48-41)33-19-12-7-13-20-33)37-21-23-39-42(29-37)49-43(45-39)32-17-10-6-11-18-32/h3-29H,1-2H2/b30-14+. The Labute approximate surface area is 284 Å². The minimum Gasteiger partial charge on any atom is -0.436 e. The summed E-state index contributed by atoms with van der Waals surface area (Å²) in [5, 5.41) is 0. The average molecular weight is 634 g/mol. The van der Waals surface area contributed by atoms with Crippen molar-refractivity contribution in [1.82, 2.24) is 9.97 Å². The van der Waals surface area contributed by atoms with E-state index in [0.717, 1.165) is 61.5 Å². The molecule has 49 heavy (non-hydrogen) atoms. The molecule has 0 atom stereocenters. The lowest BCUT2D eigenvalue weighted by Gasteiger charge is -2.27. The van der Waals surface area contributed by atoms with E-state index in [1.807, 2.05) is 97.1 Å². The van der Waals surface area contributed by atoms with E-state index in [-0.39, 0.29) is 0 Å². The second-order valence-electron chi connectivity index (χ2n) is 11.6. The molecule has 0 saturated heterocycles. The largest absolute Gasteiger partial charge is 0.436 e. The molecule has 0 saturated carbocycles. The first-order valence-corrected chi connectivity index (χ1v) is 16.0. The quantitative estimate of drug-likeness (QED) is 0.148. The smallest absolute Gasteiger partial charge is 0.227 e. The third-order valence-electron chi connectivity index (χ3n) is 8.43. The molecule has 0 aliphatic heterocycles. The summed E-state index contributed by atoms with van der Waals surface area (Å²) in [4.78, 5) is 11.9. The predicted octanol–water partition coefficient (Wildman–Crippen LogP) is 12.2. The number of fused-ring (bicyclic) bond motifs is 2. The fourth-order valence-corrected chi connectivity index (χ4v) is 6.08. The van der Waals surface area contributed by atoms with Crippen molar-refractivity contribution in [2.24, 2.45) is 0 Å². The minimum atomic E-state index is 0.578.